The molecule has 0 unspecified atom stereocenters. The van der Waals surface area contributed by atoms with Gasteiger partial charge in [0.1, 0.15) is 5.82 Å². The van der Waals surface area contributed by atoms with Crippen LogP contribution in [0.15, 0.2) is 30.3 Å². The summed E-state index contributed by atoms with van der Waals surface area (Å²) in [5.41, 5.74) is 8.01. The van der Waals surface area contributed by atoms with E-state index in [2.05, 4.69) is 10.2 Å². The zero-order chi connectivity index (χ0) is 18.1. The molecule has 0 aliphatic heterocycles. The van der Waals surface area contributed by atoms with E-state index in [0.717, 1.165) is 55.6 Å². The zero-order valence-corrected chi connectivity index (χ0v) is 16.0. The number of hydrogen-bond acceptors (Lipinski definition) is 3. The summed E-state index contributed by atoms with van der Waals surface area (Å²) >= 11 is 0. The summed E-state index contributed by atoms with van der Waals surface area (Å²) in [7, 11) is 1.85. The molecule has 5 nitrogen and oxygen atoms in total. The van der Waals surface area contributed by atoms with Gasteiger partial charge < -0.3 is 10.6 Å². The van der Waals surface area contributed by atoms with Crippen molar-refractivity contribution in [3.05, 3.63) is 41.8 Å². The van der Waals surface area contributed by atoms with Gasteiger partial charge in [0.15, 0.2) is 0 Å². The molecule has 0 atom stereocenters. The van der Waals surface area contributed by atoms with E-state index in [4.69, 9.17) is 5.73 Å². The lowest BCUT2D eigenvalue weighted by atomic mass is 10.1. The highest BCUT2D eigenvalue weighted by Gasteiger charge is 2.08. The van der Waals surface area contributed by atoms with Crippen molar-refractivity contribution in [2.75, 3.05) is 20.1 Å². The maximum Gasteiger partial charge on any atom is 0.222 e. The van der Waals surface area contributed by atoms with Gasteiger partial charge in [0.05, 0.1) is 5.69 Å². The number of aryl methyl sites for hydroxylation is 1. The summed E-state index contributed by atoms with van der Waals surface area (Å²) in [6.45, 7) is 1.34. The first-order valence-electron chi connectivity index (χ1n) is 8.84. The molecule has 0 aliphatic rings. The average Bonchev–Trinajstić information content (AvgIpc) is 3.08. The Balaban J connectivity index is 0.00000338. The molecule has 0 bridgehead atoms. The van der Waals surface area contributed by atoms with Crippen LogP contribution in [-0.4, -0.2) is 41.1 Å². The smallest absolute Gasteiger partial charge is 0.222 e. The molecular weight excluding hydrogens is 355 g/mol. The fraction of sp³-hybridized carbons (Fsp3) is 0.474. The second-order valence-electron chi connectivity index (χ2n) is 6.31. The van der Waals surface area contributed by atoms with Crippen LogP contribution in [0.4, 0.5) is 4.39 Å². The van der Waals surface area contributed by atoms with Crippen molar-refractivity contribution in [2.24, 2.45) is 5.73 Å². The number of carbonyl (C=O) groups is 1. The summed E-state index contributed by atoms with van der Waals surface area (Å²) in [4.78, 5) is 13.6. The van der Waals surface area contributed by atoms with Crippen molar-refractivity contribution < 1.29 is 9.18 Å². The lowest BCUT2D eigenvalue weighted by molar-refractivity contribution is -0.130. The number of H-pyrrole nitrogens is 1. The molecule has 1 aromatic carbocycles. The zero-order valence-electron chi connectivity index (χ0n) is 15.2. The van der Waals surface area contributed by atoms with E-state index in [9.17, 15) is 9.18 Å². The van der Waals surface area contributed by atoms with Crippen molar-refractivity contribution in [1.82, 2.24) is 15.1 Å². The molecule has 144 valence electrons. The Kier molecular flexibility index (Phi) is 9.91. The van der Waals surface area contributed by atoms with Crippen LogP contribution < -0.4 is 5.73 Å². The number of rotatable bonds is 10. The van der Waals surface area contributed by atoms with E-state index in [0.29, 0.717) is 13.0 Å². The molecule has 1 aromatic heterocycles. The normalized spacial score (nSPS) is 10.4. The van der Waals surface area contributed by atoms with Crippen molar-refractivity contribution in [3.8, 4) is 11.3 Å². The number of benzene rings is 1. The Labute approximate surface area is 160 Å². The number of nitrogens with one attached hydrogen (secondary N) is 1. The fourth-order valence-electron chi connectivity index (χ4n) is 2.70. The number of aromatic nitrogens is 2. The van der Waals surface area contributed by atoms with Crippen LogP contribution in [0.1, 0.15) is 37.8 Å². The Morgan fingerprint density at radius 1 is 1.23 bits per heavy atom. The van der Waals surface area contributed by atoms with Crippen LogP contribution in [0.3, 0.4) is 0 Å². The second kappa shape index (κ2) is 11.6. The Bertz CT molecular complexity index is 677. The number of amides is 1. The Morgan fingerprint density at radius 3 is 2.77 bits per heavy atom. The molecular formula is C19H28ClFN4O. The maximum absolute atomic E-state index is 13.3. The number of aromatic amines is 1. The molecule has 26 heavy (non-hydrogen) atoms. The van der Waals surface area contributed by atoms with Gasteiger partial charge in [0, 0.05) is 31.3 Å². The van der Waals surface area contributed by atoms with Gasteiger partial charge in [0.2, 0.25) is 5.91 Å². The number of nitrogens with two attached hydrogens (primary N) is 1. The molecule has 3 N–H and O–H groups in total. The first kappa shape index (κ1) is 22.1. The van der Waals surface area contributed by atoms with E-state index in [1.807, 2.05) is 19.2 Å². The summed E-state index contributed by atoms with van der Waals surface area (Å²) in [5, 5.41) is 7.27. The predicted octanol–water partition coefficient (Wildman–Crippen LogP) is 3.55. The third-order valence-electron chi connectivity index (χ3n) is 4.21. The minimum Gasteiger partial charge on any atom is -0.346 e. The van der Waals surface area contributed by atoms with Crippen molar-refractivity contribution in [2.45, 2.75) is 38.5 Å². The van der Waals surface area contributed by atoms with E-state index in [-0.39, 0.29) is 24.1 Å². The molecule has 1 amide bonds. The first-order chi connectivity index (χ1) is 12.1. The third kappa shape index (κ3) is 7.14. The van der Waals surface area contributed by atoms with E-state index >= 15 is 0 Å². The van der Waals surface area contributed by atoms with Crippen LogP contribution in [0.25, 0.3) is 11.3 Å². The van der Waals surface area contributed by atoms with Crippen LogP contribution in [0.2, 0.25) is 0 Å². The molecule has 0 fully saturated rings. The van der Waals surface area contributed by atoms with Gasteiger partial charge in [0.25, 0.3) is 0 Å². The summed E-state index contributed by atoms with van der Waals surface area (Å²) < 4.78 is 13.3. The summed E-state index contributed by atoms with van der Waals surface area (Å²) in [6, 6.07) is 8.41. The van der Waals surface area contributed by atoms with E-state index in [1.54, 1.807) is 11.0 Å². The predicted molar refractivity (Wildman–Crippen MR) is 105 cm³/mol. The first-order valence-corrected chi connectivity index (χ1v) is 8.84. The highest BCUT2D eigenvalue weighted by atomic mass is 35.5. The van der Waals surface area contributed by atoms with Gasteiger partial charge in [-0.15, -0.1) is 12.4 Å². The lowest BCUT2D eigenvalue weighted by Gasteiger charge is -2.16. The molecule has 0 saturated carbocycles. The highest BCUT2D eigenvalue weighted by Crippen LogP contribution is 2.19. The van der Waals surface area contributed by atoms with Crippen LogP contribution in [0, 0.1) is 5.82 Å². The topological polar surface area (TPSA) is 75.0 Å². The van der Waals surface area contributed by atoms with E-state index < -0.39 is 0 Å². The van der Waals surface area contributed by atoms with Gasteiger partial charge in [-0.3, -0.25) is 9.89 Å². The van der Waals surface area contributed by atoms with Crippen LogP contribution in [0.5, 0.6) is 0 Å². The minimum atomic E-state index is -0.257. The van der Waals surface area contributed by atoms with Gasteiger partial charge in [-0.1, -0.05) is 18.6 Å². The Hall–Kier alpha value is -1.92. The molecule has 7 heteroatoms. The molecule has 0 spiro atoms. The van der Waals surface area contributed by atoms with Crippen LogP contribution >= 0.6 is 12.4 Å². The van der Waals surface area contributed by atoms with Crippen molar-refractivity contribution >= 4 is 18.3 Å². The maximum atomic E-state index is 13.3. The molecule has 1 heterocycles. The largest absolute Gasteiger partial charge is 0.346 e. The highest BCUT2D eigenvalue weighted by molar-refractivity contribution is 5.85. The SMILES string of the molecule is CN(CCCCCc1cc(-c2cccc(F)c2)n[nH]1)C(=O)CCCN.Cl. The monoisotopic (exact) mass is 382 g/mol. The van der Waals surface area contributed by atoms with Gasteiger partial charge >= 0.3 is 0 Å². The Morgan fingerprint density at radius 2 is 2.04 bits per heavy atom. The van der Waals surface area contributed by atoms with Crippen molar-refractivity contribution in [1.29, 1.82) is 0 Å². The third-order valence-corrected chi connectivity index (χ3v) is 4.21. The van der Waals surface area contributed by atoms with Crippen molar-refractivity contribution in [3.63, 3.8) is 0 Å². The summed E-state index contributed by atoms with van der Waals surface area (Å²) in [6.07, 6.45) is 5.22. The average molecular weight is 383 g/mol. The van der Waals surface area contributed by atoms with E-state index in [1.165, 1.54) is 12.1 Å². The molecule has 0 aliphatic carbocycles. The van der Waals surface area contributed by atoms with Gasteiger partial charge in [-0.2, -0.15) is 5.10 Å². The molecule has 2 rings (SSSR count). The second-order valence-corrected chi connectivity index (χ2v) is 6.31. The van der Waals surface area contributed by atoms with Gasteiger partial charge in [-0.25, -0.2) is 4.39 Å². The molecule has 0 saturated heterocycles. The molecule has 2 aromatic rings. The standard InChI is InChI=1S/C19H27FN4O.ClH/c1-24(19(25)10-6-11-21)12-4-2-3-9-17-14-18(23-22-17)15-7-5-8-16(20)13-15;/h5,7-8,13-14H,2-4,6,9-12,21H2,1H3,(H,22,23);1H. The summed E-state index contributed by atoms with van der Waals surface area (Å²) in [5.74, 6) is -0.0917. The molecule has 0 radical (unpaired) electrons. The number of nitrogens with zero attached hydrogens (tertiary/aromatic N) is 2. The van der Waals surface area contributed by atoms with Gasteiger partial charge in [-0.05, 0) is 50.4 Å². The number of carbonyl (C=O) groups excluding carboxylic acids is 1. The number of hydrogen-bond donors (Lipinski definition) is 2. The quantitative estimate of drug-likeness (QED) is 0.617. The fourth-order valence-corrected chi connectivity index (χ4v) is 2.70. The number of halogens is 2. The minimum absolute atomic E-state index is 0. The van der Waals surface area contributed by atoms with Crippen LogP contribution in [-0.2, 0) is 11.2 Å². The number of unbranched alkanes of at least 4 members (excludes halogenated alkanes) is 2. The lowest BCUT2D eigenvalue weighted by Crippen LogP contribution is -2.28.